The van der Waals surface area contributed by atoms with Gasteiger partial charge in [-0.25, -0.2) is 4.39 Å². The van der Waals surface area contributed by atoms with Crippen molar-refractivity contribution in [2.24, 2.45) is 5.73 Å². The van der Waals surface area contributed by atoms with E-state index in [1.165, 1.54) is 22.8 Å². The number of ether oxygens (including phenoxy) is 1. The third kappa shape index (κ3) is 4.79. The Bertz CT molecular complexity index is 841. The van der Waals surface area contributed by atoms with Crippen LogP contribution >= 0.6 is 11.6 Å². The van der Waals surface area contributed by atoms with Gasteiger partial charge >= 0.3 is 0 Å². The van der Waals surface area contributed by atoms with E-state index < -0.39 is 5.82 Å². The van der Waals surface area contributed by atoms with Gasteiger partial charge in [0.25, 0.3) is 0 Å². The first kappa shape index (κ1) is 19.6. The number of hydrogen-bond donors (Lipinski definition) is 2. The first-order valence-electron chi connectivity index (χ1n) is 9.18. The molecule has 0 heterocycles. The van der Waals surface area contributed by atoms with E-state index in [1.807, 2.05) is 12.1 Å². The maximum Gasteiger partial charge on any atom is 0.234 e. The molecule has 1 aliphatic rings. The van der Waals surface area contributed by atoms with Gasteiger partial charge in [-0.1, -0.05) is 23.7 Å². The van der Waals surface area contributed by atoms with E-state index in [0.717, 1.165) is 37.0 Å². The number of carbonyl (C=O) groups excluding carboxylic acids is 1. The monoisotopic (exact) mass is 390 g/mol. The Morgan fingerprint density at radius 3 is 2.70 bits per heavy atom. The van der Waals surface area contributed by atoms with Gasteiger partial charge in [0.15, 0.2) is 0 Å². The first-order chi connectivity index (χ1) is 13.0. The largest absolute Gasteiger partial charge is 0.489 e. The van der Waals surface area contributed by atoms with E-state index in [0.29, 0.717) is 6.54 Å². The zero-order valence-electron chi connectivity index (χ0n) is 15.4. The Morgan fingerprint density at radius 2 is 2.00 bits per heavy atom. The molecule has 0 aliphatic heterocycles. The summed E-state index contributed by atoms with van der Waals surface area (Å²) in [5.74, 6) is 0.0376. The highest BCUT2D eigenvalue weighted by molar-refractivity contribution is 6.30. The zero-order valence-corrected chi connectivity index (χ0v) is 16.1. The second-order valence-corrected chi connectivity index (χ2v) is 7.34. The molecule has 4 nitrogen and oxygen atoms in total. The fraction of sp³-hybridized carbons (Fsp3) is 0.381. The fourth-order valence-electron chi connectivity index (χ4n) is 3.36. The van der Waals surface area contributed by atoms with Crippen LogP contribution in [0, 0.1) is 5.82 Å². The van der Waals surface area contributed by atoms with Crippen molar-refractivity contribution in [3.05, 3.63) is 63.4 Å². The van der Waals surface area contributed by atoms with Crippen molar-refractivity contribution in [1.29, 1.82) is 0 Å². The van der Waals surface area contributed by atoms with Gasteiger partial charge in [-0.2, -0.15) is 0 Å². The van der Waals surface area contributed by atoms with Crippen LogP contribution in [0.25, 0.3) is 0 Å². The summed E-state index contributed by atoms with van der Waals surface area (Å²) >= 11 is 5.73. The fourth-order valence-corrected chi connectivity index (χ4v) is 3.48. The van der Waals surface area contributed by atoms with Crippen LogP contribution in [-0.2, 0) is 30.8 Å². The van der Waals surface area contributed by atoms with Crippen molar-refractivity contribution in [1.82, 2.24) is 5.32 Å². The molecule has 0 saturated heterocycles. The molecule has 2 aromatic rings. The quantitative estimate of drug-likeness (QED) is 0.753. The van der Waals surface area contributed by atoms with Gasteiger partial charge in [0.2, 0.25) is 5.91 Å². The average Bonchev–Trinajstić information content (AvgIpc) is 2.67. The molecule has 144 valence electrons. The first-order valence-corrected chi connectivity index (χ1v) is 9.56. The number of carbonyl (C=O) groups is 1. The summed E-state index contributed by atoms with van der Waals surface area (Å²) in [6.07, 6.45) is 4.20. The van der Waals surface area contributed by atoms with Crippen molar-refractivity contribution in [2.75, 3.05) is 0 Å². The third-order valence-corrected chi connectivity index (χ3v) is 5.30. The molecule has 27 heavy (non-hydrogen) atoms. The van der Waals surface area contributed by atoms with E-state index >= 15 is 0 Å². The summed E-state index contributed by atoms with van der Waals surface area (Å²) < 4.78 is 19.6. The van der Waals surface area contributed by atoms with Crippen molar-refractivity contribution in [3.8, 4) is 5.75 Å². The van der Waals surface area contributed by atoms with E-state index in [1.54, 1.807) is 19.1 Å². The van der Waals surface area contributed by atoms with E-state index in [-0.39, 0.29) is 23.6 Å². The Hall–Kier alpha value is -2.11. The Morgan fingerprint density at radius 1 is 1.26 bits per heavy atom. The Kier molecular flexibility index (Phi) is 6.34. The summed E-state index contributed by atoms with van der Waals surface area (Å²) in [4.78, 5) is 11.2. The van der Waals surface area contributed by atoms with Gasteiger partial charge in [-0.3, -0.25) is 4.79 Å². The summed E-state index contributed by atoms with van der Waals surface area (Å²) in [6, 6.07) is 8.32. The molecule has 0 radical (unpaired) electrons. The van der Waals surface area contributed by atoms with Crippen LogP contribution in [-0.4, -0.2) is 11.9 Å². The van der Waals surface area contributed by atoms with Crippen molar-refractivity contribution >= 4 is 17.5 Å². The van der Waals surface area contributed by atoms with Crippen LogP contribution in [0.1, 0.15) is 42.0 Å². The van der Waals surface area contributed by atoms with Gasteiger partial charge in [0, 0.05) is 6.54 Å². The molecule has 0 unspecified atom stereocenters. The number of rotatable bonds is 7. The van der Waals surface area contributed by atoms with E-state index in [4.69, 9.17) is 22.1 Å². The lowest BCUT2D eigenvalue weighted by Crippen LogP contribution is -2.38. The Labute approximate surface area is 163 Å². The average molecular weight is 391 g/mol. The molecule has 3 rings (SSSR count). The van der Waals surface area contributed by atoms with Crippen LogP contribution in [0.2, 0.25) is 5.02 Å². The molecule has 2 aromatic carbocycles. The standard InChI is InChI=1S/C21H24ClFN2O2/c1-13(21(24)26)25-11-15-7-9-20(17-5-3-2-4-16(15)17)27-12-14-6-8-18(22)19(23)10-14/h6-10,13,25H,2-5,11-12H2,1H3,(H2,24,26)/t13-/m0/s1. The lowest BCUT2D eigenvalue weighted by molar-refractivity contribution is -0.119. The lowest BCUT2D eigenvalue weighted by Gasteiger charge is -2.23. The van der Waals surface area contributed by atoms with Crippen LogP contribution < -0.4 is 15.8 Å². The summed E-state index contributed by atoms with van der Waals surface area (Å²) in [6.45, 7) is 2.64. The molecule has 6 heteroatoms. The number of halogens is 2. The number of amides is 1. The number of benzene rings is 2. The minimum Gasteiger partial charge on any atom is -0.489 e. The molecule has 0 spiro atoms. The molecule has 0 fully saturated rings. The SMILES string of the molecule is C[C@H](NCc1ccc(OCc2ccc(Cl)c(F)c2)c2c1CCCC2)C(N)=O. The van der Waals surface area contributed by atoms with Crippen molar-refractivity contribution in [3.63, 3.8) is 0 Å². The van der Waals surface area contributed by atoms with Gasteiger partial charge in [-0.05, 0) is 73.1 Å². The summed E-state index contributed by atoms with van der Waals surface area (Å²) in [7, 11) is 0. The highest BCUT2D eigenvalue weighted by Crippen LogP contribution is 2.33. The van der Waals surface area contributed by atoms with Gasteiger partial charge < -0.3 is 15.8 Å². The predicted molar refractivity (Wildman–Crippen MR) is 104 cm³/mol. The molecule has 1 aliphatic carbocycles. The van der Waals surface area contributed by atoms with Gasteiger partial charge in [0.05, 0.1) is 11.1 Å². The highest BCUT2D eigenvalue weighted by Gasteiger charge is 2.19. The highest BCUT2D eigenvalue weighted by atomic mass is 35.5. The lowest BCUT2D eigenvalue weighted by atomic mass is 9.87. The minimum absolute atomic E-state index is 0.109. The number of hydrogen-bond acceptors (Lipinski definition) is 3. The summed E-state index contributed by atoms with van der Waals surface area (Å²) in [5, 5.41) is 3.28. The van der Waals surface area contributed by atoms with E-state index in [9.17, 15) is 9.18 Å². The Balaban J connectivity index is 1.76. The zero-order chi connectivity index (χ0) is 19.4. The maximum absolute atomic E-state index is 13.6. The van der Waals surface area contributed by atoms with Gasteiger partial charge in [-0.15, -0.1) is 0 Å². The number of nitrogens with two attached hydrogens (primary N) is 1. The molecule has 0 bridgehead atoms. The second-order valence-electron chi connectivity index (χ2n) is 6.93. The predicted octanol–water partition coefficient (Wildman–Crippen LogP) is 3.90. The number of nitrogens with one attached hydrogen (secondary N) is 1. The topological polar surface area (TPSA) is 64.3 Å². The molecular weight excluding hydrogens is 367 g/mol. The normalized spacial score (nSPS) is 14.5. The van der Waals surface area contributed by atoms with Crippen LogP contribution in [0.5, 0.6) is 5.75 Å². The molecule has 3 N–H and O–H groups in total. The molecular formula is C21H24ClFN2O2. The van der Waals surface area contributed by atoms with Crippen molar-refractivity contribution < 1.29 is 13.9 Å². The third-order valence-electron chi connectivity index (χ3n) is 4.99. The van der Waals surface area contributed by atoms with E-state index in [2.05, 4.69) is 5.32 Å². The molecule has 0 aromatic heterocycles. The molecule has 1 amide bonds. The maximum atomic E-state index is 13.6. The molecule has 1 atom stereocenters. The van der Waals surface area contributed by atoms with Crippen LogP contribution in [0.15, 0.2) is 30.3 Å². The number of fused-ring (bicyclic) bond motifs is 1. The van der Waals surface area contributed by atoms with Crippen LogP contribution in [0.4, 0.5) is 4.39 Å². The van der Waals surface area contributed by atoms with Gasteiger partial charge in [0.1, 0.15) is 18.2 Å². The minimum atomic E-state index is -0.440. The second kappa shape index (κ2) is 8.72. The summed E-state index contributed by atoms with van der Waals surface area (Å²) in [5.41, 5.74) is 9.72. The number of primary amides is 1. The van der Waals surface area contributed by atoms with Crippen molar-refractivity contribution in [2.45, 2.75) is 51.8 Å². The molecule has 0 saturated carbocycles. The van der Waals surface area contributed by atoms with Crippen LogP contribution in [0.3, 0.4) is 0 Å². The smallest absolute Gasteiger partial charge is 0.234 e.